The average Bonchev–Trinajstić information content (AvgIpc) is 3.09. The van der Waals surface area contributed by atoms with Crippen molar-refractivity contribution in [2.24, 2.45) is 0 Å². The van der Waals surface area contributed by atoms with Crippen LogP contribution in [0, 0.1) is 5.82 Å². The monoisotopic (exact) mass is 461 g/mol. The lowest BCUT2D eigenvalue weighted by Gasteiger charge is -2.25. The summed E-state index contributed by atoms with van der Waals surface area (Å²) in [6.07, 6.45) is 0. The van der Waals surface area contributed by atoms with Crippen LogP contribution < -0.4 is 4.74 Å². The van der Waals surface area contributed by atoms with E-state index in [1.54, 1.807) is 36.4 Å². The van der Waals surface area contributed by atoms with Crippen molar-refractivity contribution in [1.29, 1.82) is 0 Å². The molecule has 172 valence electrons. The van der Waals surface area contributed by atoms with Crippen molar-refractivity contribution in [1.82, 2.24) is 4.90 Å². The second kappa shape index (κ2) is 9.19. The molecule has 7 nitrogen and oxygen atoms in total. The number of amides is 1. The summed E-state index contributed by atoms with van der Waals surface area (Å²) < 4.78 is 18.7. The molecule has 1 aliphatic rings. The lowest BCUT2D eigenvalue weighted by molar-refractivity contribution is -0.140. The first-order valence-corrected chi connectivity index (χ1v) is 10.3. The molecule has 1 fully saturated rings. The Hall–Kier alpha value is -4.46. The van der Waals surface area contributed by atoms with Crippen molar-refractivity contribution in [3.63, 3.8) is 0 Å². The predicted octanol–water partition coefficient (Wildman–Crippen LogP) is 4.15. The van der Waals surface area contributed by atoms with E-state index in [0.717, 1.165) is 12.1 Å². The fourth-order valence-electron chi connectivity index (χ4n) is 3.91. The Balaban J connectivity index is 1.83. The van der Waals surface area contributed by atoms with Gasteiger partial charge in [-0.05, 0) is 59.7 Å². The maximum absolute atomic E-state index is 13.4. The van der Waals surface area contributed by atoms with Gasteiger partial charge >= 0.3 is 5.97 Å². The molecular formula is C26H20FNO6. The van der Waals surface area contributed by atoms with E-state index in [2.05, 4.69) is 0 Å². The highest BCUT2D eigenvalue weighted by molar-refractivity contribution is 6.46. The molecule has 8 heteroatoms. The minimum Gasteiger partial charge on any atom is -0.507 e. The van der Waals surface area contributed by atoms with Crippen LogP contribution in [-0.4, -0.2) is 39.9 Å². The van der Waals surface area contributed by atoms with Crippen LogP contribution >= 0.6 is 0 Å². The molecule has 0 saturated carbocycles. The third kappa shape index (κ3) is 4.25. The van der Waals surface area contributed by atoms with Crippen molar-refractivity contribution in [3.05, 3.63) is 106 Å². The van der Waals surface area contributed by atoms with Gasteiger partial charge in [-0.25, -0.2) is 9.18 Å². The normalized spacial score (nSPS) is 17.1. The number of likely N-dealkylation sites (tertiary alicyclic amines) is 1. The highest BCUT2D eigenvalue weighted by Gasteiger charge is 2.46. The summed E-state index contributed by atoms with van der Waals surface area (Å²) in [5.74, 6) is -3.21. The zero-order valence-electron chi connectivity index (χ0n) is 18.1. The molecule has 1 amide bonds. The van der Waals surface area contributed by atoms with Gasteiger partial charge in [0.1, 0.15) is 17.3 Å². The number of carboxylic acids is 1. The number of nitrogens with zero attached hydrogens (tertiary/aromatic N) is 1. The molecule has 1 heterocycles. The molecule has 1 saturated heterocycles. The molecule has 4 rings (SSSR count). The minimum atomic E-state index is -1.08. The molecule has 1 unspecified atom stereocenters. The van der Waals surface area contributed by atoms with Gasteiger partial charge in [0.25, 0.3) is 11.7 Å². The highest BCUT2D eigenvalue weighted by Crippen LogP contribution is 2.41. The topological polar surface area (TPSA) is 104 Å². The number of aliphatic hydroxyl groups is 1. The van der Waals surface area contributed by atoms with Gasteiger partial charge in [-0.1, -0.05) is 24.3 Å². The number of ether oxygens (including phenoxy) is 1. The van der Waals surface area contributed by atoms with Gasteiger partial charge in [-0.3, -0.25) is 9.59 Å². The number of carbonyl (C=O) groups excluding carboxylic acids is 2. The number of rotatable bonds is 6. The van der Waals surface area contributed by atoms with Gasteiger partial charge in [0, 0.05) is 12.1 Å². The van der Waals surface area contributed by atoms with Gasteiger partial charge in [0.05, 0.1) is 24.3 Å². The zero-order chi connectivity index (χ0) is 24.4. The van der Waals surface area contributed by atoms with Crippen LogP contribution in [0.4, 0.5) is 4.39 Å². The van der Waals surface area contributed by atoms with Gasteiger partial charge in [-0.15, -0.1) is 0 Å². The number of ketones is 1. The smallest absolute Gasteiger partial charge is 0.335 e. The second-order valence-electron chi connectivity index (χ2n) is 7.71. The SMILES string of the molecule is COc1cccc(C2/C(=C(\O)c3ccc(F)cc3)C(=O)C(=O)N2Cc2ccc(C(=O)O)cc2)c1. The van der Waals surface area contributed by atoms with Crippen LogP contribution in [0.15, 0.2) is 78.4 Å². The van der Waals surface area contributed by atoms with Crippen LogP contribution in [0.25, 0.3) is 5.76 Å². The number of hydrogen-bond donors (Lipinski definition) is 2. The van der Waals surface area contributed by atoms with E-state index in [0.29, 0.717) is 16.9 Å². The summed E-state index contributed by atoms with van der Waals surface area (Å²) in [4.78, 5) is 38.6. The number of Topliss-reactive ketones (excluding diaryl/α,β-unsaturated/α-hetero) is 1. The van der Waals surface area contributed by atoms with Gasteiger partial charge in [-0.2, -0.15) is 0 Å². The zero-order valence-corrected chi connectivity index (χ0v) is 18.1. The van der Waals surface area contributed by atoms with E-state index < -0.39 is 35.3 Å². The van der Waals surface area contributed by atoms with Crippen LogP contribution in [-0.2, 0) is 16.1 Å². The molecule has 1 aliphatic heterocycles. The van der Waals surface area contributed by atoms with Crippen molar-refractivity contribution >= 4 is 23.4 Å². The van der Waals surface area contributed by atoms with Crippen molar-refractivity contribution < 1.29 is 33.7 Å². The van der Waals surface area contributed by atoms with Gasteiger partial charge in [0.2, 0.25) is 0 Å². The van der Waals surface area contributed by atoms with Crippen molar-refractivity contribution in [2.75, 3.05) is 7.11 Å². The standard InChI is InChI=1S/C26H20FNO6/c1-34-20-4-2-3-18(13-20)22-21(23(29)16-9-11-19(27)12-10-16)24(30)25(31)28(22)14-15-5-7-17(8-6-15)26(32)33/h2-13,22,29H,14H2,1H3,(H,32,33)/b23-21+. The molecule has 0 spiro atoms. The van der Waals surface area contributed by atoms with E-state index in [9.17, 15) is 23.9 Å². The number of halogens is 1. The molecule has 1 atom stereocenters. The summed E-state index contributed by atoms with van der Waals surface area (Å²) in [6, 6.07) is 16.7. The van der Waals surface area contributed by atoms with Crippen LogP contribution in [0.3, 0.4) is 0 Å². The molecule has 0 radical (unpaired) electrons. The number of aliphatic hydroxyl groups excluding tert-OH is 1. The van der Waals surface area contributed by atoms with Crippen LogP contribution in [0.2, 0.25) is 0 Å². The molecule has 3 aromatic carbocycles. The minimum absolute atomic E-state index is 0.00739. The molecule has 0 aromatic heterocycles. The Labute approximate surface area is 194 Å². The Morgan fingerprint density at radius 1 is 0.971 bits per heavy atom. The number of aromatic carboxylic acids is 1. The Kier molecular flexibility index (Phi) is 6.14. The average molecular weight is 461 g/mol. The Morgan fingerprint density at radius 3 is 2.24 bits per heavy atom. The largest absolute Gasteiger partial charge is 0.507 e. The Bertz CT molecular complexity index is 1300. The number of carbonyl (C=O) groups is 3. The molecule has 2 N–H and O–H groups in total. The van der Waals surface area contributed by atoms with Crippen LogP contribution in [0.1, 0.15) is 33.1 Å². The van der Waals surface area contributed by atoms with Crippen LogP contribution in [0.5, 0.6) is 5.75 Å². The fraction of sp³-hybridized carbons (Fsp3) is 0.115. The maximum Gasteiger partial charge on any atom is 0.335 e. The van der Waals surface area contributed by atoms with Crippen molar-refractivity contribution in [2.45, 2.75) is 12.6 Å². The summed E-state index contributed by atoms with van der Waals surface area (Å²) in [5, 5.41) is 20.1. The number of hydrogen-bond acceptors (Lipinski definition) is 5. The lowest BCUT2D eigenvalue weighted by Crippen LogP contribution is -2.29. The first-order valence-electron chi connectivity index (χ1n) is 10.3. The first-order chi connectivity index (χ1) is 16.3. The van der Waals surface area contributed by atoms with E-state index in [4.69, 9.17) is 9.84 Å². The molecule has 3 aromatic rings. The highest BCUT2D eigenvalue weighted by atomic mass is 19.1. The first kappa shape index (κ1) is 22.7. The molecule has 34 heavy (non-hydrogen) atoms. The number of carboxylic acid groups (broad SMARTS) is 1. The second-order valence-corrected chi connectivity index (χ2v) is 7.71. The third-order valence-corrected chi connectivity index (χ3v) is 5.62. The molecule has 0 bridgehead atoms. The number of benzene rings is 3. The summed E-state index contributed by atoms with van der Waals surface area (Å²) in [5.41, 5.74) is 1.28. The summed E-state index contributed by atoms with van der Waals surface area (Å²) in [6.45, 7) is -0.00739. The summed E-state index contributed by atoms with van der Waals surface area (Å²) in [7, 11) is 1.48. The quantitative estimate of drug-likeness (QED) is 0.325. The van der Waals surface area contributed by atoms with E-state index in [1.807, 2.05) is 0 Å². The van der Waals surface area contributed by atoms with E-state index >= 15 is 0 Å². The number of methoxy groups -OCH3 is 1. The van der Waals surface area contributed by atoms with E-state index in [1.165, 1.54) is 36.3 Å². The molecule has 0 aliphatic carbocycles. The maximum atomic E-state index is 13.4. The summed E-state index contributed by atoms with van der Waals surface area (Å²) >= 11 is 0. The van der Waals surface area contributed by atoms with Gasteiger partial charge < -0.3 is 19.8 Å². The van der Waals surface area contributed by atoms with Crippen molar-refractivity contribution in [3.8, 4) is 5.75 Å². The van der Waals surface area contributed by atoms with E-state index in [-0.39, 0.29) is 23.2 Å². The fourth-order valence-corrected chi connectivity index (χ4v) is 3.91. The molecular weight excluding hydrogens is 441 g/mol. The van der Waals surface area contributed by atoms with Gasteiger partial charge in [0.15, 0.2) is 0 Å². The Morgan fingerprint density at radius 2 is 1.62 bits per heavy atom. The predicted molar refractivity (Wildman–Crippen MR) is 121 cm³/mol. The lowest BCUT2D eigenvalue weighted by atomic mass is 9.95. The third-order valence-electron chi connectivity index (χ3n) is 5.62.